The van der Waals surface area contributed by atoms with Crippen molar-refractivity contribution in [3.8, 4) is 11.3 Å². The number of nitrogens with zero attached hydrogens (tertiary/aromatic N) is 2. The molecule has 0 aliphatic carbocycles. The second-order valence-electron chi connectivity index (χ2n) is 2.11. The maximum absolute atomic E-state index is 4.91. The molecule has 11 heavy (non-hydrogen) atoms. The van der Waals surface area contributed by atoms with Crippen LogP contribution in [0.4, 0.5) is 0 Å². The van der Waals surface area contributed by atoms with E-state index in [-0.39, 0.29) is 0 Å². The topological polar surface area (TPSA) is 38.9 Å². The van der Waals surface area contributed by atoms with Crippen LogP contribution in [0.1, 0.15) is 0 Å². The van der Waals surface area contributed by atoms with Gasteiger partial charge in [-0.25, -0.2) is 9.97 Å². The number of rotatable bonds is 1. The highest BCUT2D eigenvalue weighted by Crippen LogP contribution is 2.14. The van der Waals surface area contributed by atoms with Crippen molar-refractivity contribution in [2.24, 2.45) is 0 Å². The Kier molecular flexibility index (Phi) is 1.41. The summed E-state index contributed by atoms with van der Waals surface area (Å²) in [7, 11) is 0. The molecular formula is C8H6N2O. The number of furan rings is 1. The Balaban J connectivity index is 2.46. The first-order chi connectivity index (χ1) is 5.47. The summed E-state index contributed by atoms with van der Waals surface area (Å²) in [6.45, 7) is 0. The summed E-state index contributed by atoms with van der Waals surface area (Å²) >= 11 is 0. The summed E-state index contributed by atoms with van der Waals surface area (Å²) in [6.07, 6.45) is 6.50. The van der Waals surface area contributed by atoms with Gasteiger partial charge in [0.05, 0.1) is 18.2 Å². The Morgan fingerprint density at radius 2 is 2.27 bits per heavy atom. The highest BCUT2D eigenvalue weighted by Gasteiger charge is 1.97. The first-order valence-corrected chi connectivity index (χ1v) is 3.25. The molecule has 54 valence electrons. The van der Waals surface area contributed by atoms with Crippen LogP contribution < -0.4 is 0 Å². The number of hydrogen-bond acceptors (Lipinski definition) is 3. The molecule has 3 nitrogen and oxygen atoms in total. The van der Waals surface area contributed by atoms with Crippen LogP contribution in [0.2, 0.25) is 0 Å². The van der Waals surface area contributed by atoms with Crippen LogP contribution >= 0.6 is 0 Å². The fraction of sp³-hybridized carbons (Fsp3) is 0. The van der Waals surface area contributed by atoms with Gasteiger partial charge in [-0.2, -0.15) is 0 Å². The zero-order valence-electron chi connectivity index (χ0n) is 5.77. The zero-order chi connectivity index (χ0) is 7.52. The maximum Gasteiger partial charge on any atom is 0.116 e. The average molecular weight is 146 g/mol. The van der Waals surface area contributed by atoms with E-state index in [9.17, 15) is 0 Å². The molecule has 0 bridgehead atoms. The van der Waals surface area contributed by atoms with Gasteiger partial charge in [-0.15, -0.1) is 0 Å². The molecule has 0 aromatic carbocycles. The Hall–Kier alpha value is -1.64. The second-order valence-corrected chi connectivity index (χ2v) is 2.11. The number of aromatic nitrogens is 2. The summed E-state index contributed by atoms with van der Waals surface area (Å²) < 4.78 is 4.91. The smallest absolute Gasteiger partial charge is 0.116 e. The van der Waals surface area contributed by atoms with Crippen molar-refractivity contribution in [2.75, 3.05) is 0 Å². The lowest BCUT2D eigenvalue weighted by Crippen LogP contribution is -1.79. The van der Waals surface area contributed by atoms with Gasteiger partial charge in [-0.1, -0.05) is 0 Å². The van der Waals surface area contributed by atoms with Crippen LogP contribution in [-0.2, 0) is 0 Å². The lowest BCUT2D eigenvalue weighted by atomic mass is 10.2. The third-order valence-corrected chi connectivity index (χ3v) is 1.40. The third kappa shape index (κ3) is 1.12. The molecule has 0 unspecified atom stereocenters. The molecule has 0 amide bonds. The monoisotopic (exact) mass is 146 g/mol. The first kappa shape index (κ1) is 6.09. The SMILES string of the molecule is c1cc(-c2ccoc2)ncn1. The Morgan fingerprint density at radius 3 is 2.91 bits per heavy atom. The molecule has 2 heterocycles. The molecule has 0 aliphatic rings. The summed E-state index contributed by atoms with van der Waals surface area (Å²) in [6, 6.07) is 3.70. The summed E-state index contributed by atoms with van der Waals surface area (Å²) in [5.74, 6) is 0. The standard InChI is InChI=1S/C8H6N2O/c1-3-9-6-10-8(1)7-2-4-11-5-7/h1-6H. The van der Waals surface area contributed by atoms with Gasteiger partial charge >= 0.3 is 0 Å². The van der Waals surface area contributed by atoms with E-state index in [0.29, 0.717) is 0 Å². The largest absolute Gasteiger partial charge is 0.472 e. The van der Waals surface area contributed by atoms with E-state index < -0.39 is 0 Å². The molecule has 0 saturated carbocycles. The Labute approximate surface area is 63.7 Å². The van der Waals surface area contributed by atoms with Gasteiger partial charge < -0.3 is 4.42 Å². The van der Waals surface area contributed by atoms with Crippen molar-refractivity contribution in [2.45, 2.75) is 0 Å². The summed E-state index contributed by atoms with van der Waals surface area (Å²) in [5.41, 5.74) is 1.86. The van der Waals surface area contributed by atoms with Crippen LogP contribution in [0.5, 0.6) is 0 Å². The van der Waals surface area contributed by atoms with Gasteiger partial charge in [-0.05, 0) is 12.1 Å². The van der Waals surface area contributed by atoms with Crippen LogP contribution in [0.25, 0.3) is 11.3 Å². The summed E-state index contributed by atoms with van der Waals surface area (Å²) in [4.78, 5) is 7.86. The van der Waals surface area contributed by atoms with E-state index in [2.05, 4.69) is 9.97 Å². The molecule has 3 heteroatoms. The number of hydrogen-bond donors (Lipinski definition) is 0. The molecule has 0 spiro atoms. The zero-order valence-corrected chi connectivity index (χ0v) is 5.77. The molecule has 0 radical (unpaired) electrons. The van der Waals surface area contributed by atoms with Crippen molar-refractivity contribution < 1.29 is 4.42 Å². The van der Waals surface area contributed by atoms with Gasteiger partial charge in [0.2, 0.25) is 0 Å². The van der Waals surface area contributed by atoms with Crippen molar-refractivity contribution in [1.29, 1.82) is 0 Å². The lowest BCUT2D eigenvalue weighted by Gasteiger charge is -1.90. The van der Waals surface area contributed by atoms with E-state index in [4.69, 9.17) is 4.42 Å². The quantitative estimate of drug-likeness (QED) is 0.615. The van der Waals surface area contributed by atoms with Crippen molar-refractivity contribution in [3.05, 3.63) is 37.2 Å². The first-order valence-electron chi connectivity index (χ1n) is 3.25. The third-order valence-electron chi connectivity index (χ3n) is 1.40. The average Bonchev–Trinajstić information content (AvgIpc) is 2.58. The fourth-order valence-electron chi connectivity index (χ4n) is 0.872. The minimum atomic E-state index is 0.883. The Bertz CT molecular complexity index is 315. The van der Waals surface area contributed by atoms with Crippen molar-refractivity contribution in [3.63, 3.8) is 0 Å². The normalized spacial score (nSPS) is 9.82. The molecule has 0 N–H and O–H groups in total. The van der Waals surface area contributed by atoms with E-state index in [1.807, 2.05) is 12.1 Å². The van der Waals surface area contributed by atoms with E-state index >= 15 is 0 Å². The second kappa shape index (κ2) is 2.54. The molecule has 0 fully saturated rings. The van der Waals surface area contributed by atoms with E-state index in [1.165, 1.54) is 6.33 Å². The maximum atomic E-state index is 4.91. The predicted molar refractivity (Wildman–Crippen MR) is 39.7 cm³/mol. The lowest BCUT2D eigenvalue weighted by molar-refractivity contribution is 0.568. The molecular weight excluding hydrogens is 140 g/mol. The van der Waals surface area contributed by atoms with Crippen LogP contribution in [0.3, 0.4) is 0 Å². The van der Waals surface area contributed by atoms with Crippen LogP contribution in [0, 0.1) is 0 Å². The Morgan fingerprint density at radius 1 is 1.27 bits per heavy atom. The van der Waals surface area contributed by atoms with Crippen molar-refractivity contribution >= 4 is 0 Å². The highest BCUT2D eigenvalue weighted by molar-refractivity contribution is 5.55. The molecule has 0 atom stereocenters. The van der Waals surface area contributed by atoms with E-state index in [1.54, 1.807) is 18.7 Å². The molecule has 0 aliphatic heterocycles. The van der Waals surface area contributed by atoms with Gasteiger partial charge in [-0.3, -0.25) is 0 Å². The molecule has 2 aromatic rings. The molecule has 2 aromatic heterocycles. The van der Waals surface area contributed by atoms with Gasteiger partial charge in [0.25, 0.3) is 0 Å². The molecule has 0 saturated heterocycles. The fourth-order valence-corrected chi connectivity index (χ4v) is 0.872. The van der Waals surface area contributed by atoms with Crippen LogP contribution in [0.15, 0.2) is 41.6 Å². The predicted octanol–water partition coefficient (Wildman–Crippen LogP) is 1.74. The highest BCUT2D eigenvalue weighted by atomic mass is 16.3. The van der Waals surface area contributed by atoms with Gasteiger partial charge in [0.1, 0.15) is 6.33 Å². The van der Waals surface area contributed by atoms with E-state index in [0.717, 1.165) is 11.3 Å². The van der Waals surface area contributed by atoms with Gasteiger partial charge in [0, 0.05) is 11.8 Å². The molecule has 2 rings (SSSR count). The van der Waals surface area contributed by atoms with Crippen LogP contribution in [-0.4, -0.2) is 9.97 Å². The van der Waals surface area contributed by atoms with Crippen molar-refractivity contribution in [1.82, 2.24) is 9.97 Å². The summed E-state index contributed by atoms with van der Waals surface area (Å²) in [5, 5.41) is 0. The minimum absolute atomic E-state index is 0.883. The van der Waals surface area contributed by atoms with Gasteiger partial charge in [0.15, 0.2) is 0 Å². The minimum Gasteiger partial charge on any atom is -0.472 e.